The van der Waals surface area contributed by atoms with Crippen LogP contribution in [0.4, 0.5) is 5.69 Å². The Bertz CT molecular complexity index is 490. The van der Waals surface area contributed by atoms with Gasteiger partial charge in [-0.15, -0.1) is 0 Å². The molecule has 1 aromatic rings. The molecule has 2 N–H and O–H groups in total. The summed E-state index contributed by atoms with van der Waals surface area (Å²) in [7, 11) is 0. The molecule has 0 spiro atoms. The van der Waals surface area contributed by atoms with E-state index in [1.165, 1.54) is 0 Å². The van der Waals surface area contributed by atoms with E-state index in [0.717, 1.165) is 24.4 Å². The van der Waals surface area contributed by atoms with Gasteiger partial charge in [0, 0.05) is 31.7 Å². The molecule has 1 saturated heterocycles. The van der Waals surface area contributed by atoms with Gasteiger partial charge in [-0.1, -0.05) is 0 Å². The number of hydrogen-bond donors (Lipinski definition) is 2. The Kier molecular flexibility index (Phi) is 5.80. The number of carbonyl (C=O) groups is 1. The molecule has 0 atom stereocenters. The molecule has 0 unspecified atom stereocenters. The van der Waals surface area contributed by atoms with Crippen molar-refractivity contribution in [2.75, 3.05) is 31.6 Å². The zero-order valence-electron chi connectivity index (χ0n) is 12.2. The summed E-state index contributed by atoms with van der Waals surface area (Å²) < 4.78 is 5.38. The van der Waals surface area contributed by atoms with E-state index in [1.807, 2.05) is 36.1 Å². The standard InChI is InChI=1S/C15H21N3O2S/c1-2-20-13-7-5-12(6-8-13)17-15(21)16-9-11-18-10-3-4-14(18)19/h5-8H,2-4,9-11H2,1H3,(H2,16,17,21). The molecular weight excluding hydrogens is 286 g/mol. The number of ether oxygens (including phenoxy) is 1. The van der Waals surface area contributed by atoms with E-state index in [4.69, 9.17) is 17.0 Å². The first-order valence-electron chi connectivity index (χ1n) is 7.24. The zero-order chi connectivity index (χ0) is 15.1. The minimum absolute atomic E-state index is 0.238. The van der Waals surface area contributed by atoms with Crippen LogP contribution in [0.2, 0.25) is 0 Å². The zero-order valence-corrected chi connectivity index (χ0v) is 13.0. The Hall–Kier alpha value is -1.82. The van der Waals surface area contributed by atoms with Crippen molar-refractivity contribution in [2.45, 2.75) is 19.8 Å². The van der Waals surface area contributed by atoms with Crippen molar-refractivity contribution in [1.29, 1.82) is 0 Å². The van der Waals surface area contributed by atoms with Gasteiger partial charge in [-0.3, -0.25) is 4.79 Å². The molecule has 0 radical (unpaired) electrons. The third-order valence-electron chi connectivity index (χ3n) is 3.26. The SMILES string of the molecule is CCOc1ccc(NC(=S)NCCN2CCCC2=O)cc1. The Morgan fingerprint density at radius 2 is 2.14 bits per heavy atom. The average Bonchev–Trinajstić information content (AvgIpc) is 2.87. The average molecular weight is 307 g/mol. The molecule has 2 rings (SSSR count). The molecule has 1 fully saturated rings. The number of rotatable bonds is 6. The van der Waals surface area contributed by atoms with E-state index < -0.39 is 0 Å². The highest BCUT2D eigenvalue weighted by Crippen LogP contribution is 2.15. The molecule has 0 aromatic heterocycles. The number of likely N-dealkylation sites (tertiary alicyclic amines) is 1. The maximum Gasteiger partial charge on any atom is 0.222 e. The molecule has 114 valence electrons. The fraction of sp³-hybridized carbons (Fsp3) is 0.467. The summed E-state index contributed by atoms with van der Waals surface area (Å²) in [6.07, 6.45) is 1.64. The van der Waals surface area contributed by atoms with Gasteiger partial charge in [-0.2, -0.15) is 0 Å². The topological polar surface area (TPSA) is 53.6 Å². The van der Waals surface area contributed by atoms with Gasteiger partial charge in [0.15, 0.2) is 5.11 Å². The van der Waals surface area contributed by atoms with Crippen LogP contribution in [0.25, 0.3) is 0 Å². The maximum atomic E-state index is 11.5. The van der Waals surface area contributed by atoms with Gasteiger partial charge < -0.3 is 20.3 Å². The summed E-state index contributed by atoms with van der Waals surface area (Å²) >= 11 is 5.23. The highest BCUT2D eigenvalue weighted by Gasteiger charge is 2.19. The molecule has 1 heterocycles. The monoisotopic (exact) mass is 307 g/mol. The largest absolute Gasteiger partial charge is 0.494 e. The van der Waals surface area contributed by atoms with Gasteiger partial charge >= 0.3 is 0 Å². The third-order valence-corrected chi connectivity index (χ3v) is 3.51. The van der Waals surface area contributed by atoms with E-state index in [1.54, 1.807) is 0 Å². The minimum atomic E-state index is 0.238. The first kappa shape index (κ1) is 15.6. The highest BCUT2D eigenvalue weighted by atomic mass is 32.1. The van der Waals surface area contributed by atoms with Crippen molar-refractivity contribution >= 4 is 28.9 Å². The van der Waals surface area contributed by atoms with Crippen molar-refractivity contribution in [2.24, 2.45) is 0 Å². The van der Waals surface area contributed by atoms with E-state index in [0.29, 0.717) is 31.2 Å². The van der Waals surface area contributed by atoms with Gasteiger partial charge in [-0.25, -0.2) is 0 Å². The number of nitrogens with zero attached hydrogens (tertiary/aromatic N) is 1. The van der Waals surface area contributed by atoms with E-state index in [2.05, 4.69) is 10.6 Å². The number of benzene rings is 1. The van der Waals surface area contributed by atoms with Gasteiger partial charge in [0.05, 0.1) is 6.61 Å². The summed E-state index contributed by atoms with van der Waals surface area (Å²) in [5.41, 5.74) is 0.910. The van der Waals surface area contributed by atoms with Crippen LogP contribution in [0.15, 0.2) is 24.3 Å². The van der Waals surface area contributed by atoms with Crippen molar-refractivity contribution in [1.82, 2.24) is 10.2 Å². The molecule has 0 saturated carbocycles. The smallest absolute Gasteiger partial charge is 0.222 e. The van der Waals surface area contributed by atoms with E-state index in [-0.39, 0.29) is 5.91 Å². The second-order valence-corrected chi connectivity index (χ2v) is 5.23. The number of carbonyl (C=O) groups excluding carboxylic acids is 1. The lowest BCUT2D eigenvalue weighted by atomic mass is 10.3. The molecule has 5 nitrogen and oxygen atoms in total. The van der Waals surface area contributed by atoms with Crippen LogP contribution in [0.3, 0.4) is 0 Å². The van der Waals surface area contributed by atoms with Crippen LogP contribution in [-0.2, 0) is 4.79 Å². The van der Waals surface area contributed by atoms with Gasteiger partial charge in [0.1, 0.15) is 5.75 Å². The van der Waals surface area contributed by atoms with Crippen LogP contribution in [0, 0.1) is 0 Å². The Morgan fingerprint density at radius 3 is 2.76 bits per heavy atom. The number of thiocarbonyl (C=S) groups is 1. The number of anilines is 1. The lowest BCUT2D eigenvalue weighted by Gasteiger charge is -2.17. The summed E-state index contributed by atoms with van der Waals surface area (Å²) in [4.78, 5) is 13.3. The van der Waals surface area contributed by atoms with Crippen molar-refractivity contribution < 1.29 is 9.53 Å². The molecule has 0 aliphatic carbocycles. The van der Waals surface area contributed by atoms with Crippen LogP contribution in [0.1, 0.15) is 19.8 Å². The van der Waals surface area contributed by atoms with Crippen molar-refractivity contribution in [3.63, 3.8) is 0 Å². The molecule has 1 amide bonds. The maximum absolute atomic E-state index is 11.5. The van der Waals surface area contributed by atoms with Crippen molar-refractivity contribution in [3.8, 4) is 5.75 Å². The Morgan fingerprint density at radius 1 is 1.38 bits per heavy atom. The number of amides is 1. The minimum Gasteiger partial charge on any atom is -0.494 e. The fourth-order valence-corrected chi connectivity index (χ4v) is 2.44. The second kappa shape index (κ2) is 7.83. The Balaban J connectivity index is 1.70. The highest BCUT2D eigenvalue weighted by molar-refractivity contribution is 7.80. The van der Waals surface area contributed by atoms with Crippen LogP contribution >= 0.6 is 12.2 Å². The lowest BCUT2D eigenvalue weighted by Crippen LogP contribution is -2.37. The summed E-state index contributed by atoms with van der Waals surface area (Å²) in [6.45, 7) is 4.83. The van der Waals surface area contributed by atoms with Crippen molar-refractivity contribution in [3.05, 3.63) is 24.3 Å². The predicted octanol–water partition coefficient (Wildman–Crippen LogP) is 1.99. The normalized spacial score (nSPS) is 14.1. The second-order valence-electron chi connectivity index (χ2n) is 4.82. The molecule has 1 aromatic carbocycles. The van der Waals surface area contributed by atoms with Crippen LogP contribution in [-0.4, -0.2) is 42.2 Å². The number of hydrogen-bond acceptors (Lipinski definition) is 3. The lowest BCUT2D eigenvalue weighted by molar-refractivity contribution is -0.127. The molecule has 1 aliphatic heterocycles. The first-order chi connectivity index (χ1) is 10.2. The molecule has 0 bridgehead atoms. The summed E-state index contributed by atoms with van der Waals surface area (Å²) in [5.74, 6) is 1.08. The first-order valence-corrected chi connectivity index (χ1v) is 7.65. The Labute approximate surface area is 130 Å². The molecule has 21 heavy (non-hydrogen) atoms. The predicted molar refractivity (Wildman–Crippen MR) is 87.6 cm³/mol. The molecule has 1 aliphatic rings. The van der Waals surface area contributed by atoms with E-state index in [9.17, 15) is 4.79 Å². The van der Waals surface area contributed by atoms with Gasteiger partial charge in [0.2, 0.25) is 5.91 Å². The fourth-order valence-electron chi connectivity index (χ4n) is 2.22. The summed E-state index contributed by atoms with van der Waals surface area (Å²) in [6, 6.07) is 7.64. The number of nitrogens with one attached hydrogen (secondary N) is 2. The van der Waals surface area contributed by atoms with E-state index >= 15 is 0 Å². The van der Waals surface area contributed by atoms with Gasteiger partial charge in [-0.05, 0) is 49.8 Å². The third kappa shape index (κ3) is 4.90. The molecular formula is C15H21N3O2S. The van der Waals surface area contributed by atoms with Crippen LogP contribution in [0.5, 0.6) is 5.75 Å². The van der Waals surface area contributed by atoms with Gasteiger partial charge in [0.25, 0.3) is 0 Å². The van der Waals surface area contributed by atoms with Crippen LogP contribution < -0.4 is 15.4 Å². The quantitative estimate of drug-likeness (QED) is 0.787. The molecule has 6 heteroatoms. The summed E-state index contributed by atoms with van der Waals surface area (Å²) in [5, 5.41) is 6.78.